The quantitative estimate of drug-likeness (QED) is 0.788. The average molecular weight is 381 g/mol. The van der Waals surface area contributed by atoms with E-state index < -0.39 is 5.97 Å². The lowest BCUT2D eigenvalue weighted by atomic mass is 9.90. The summed E-state index contributed by atoms with van der Waals surface area (Å²) < 4.78 is 0. The van der Waals surface area contributed by atoms with Crippen LogP contribution in [-0.2, 0) is 9.59 Å². The molecule has 1 aliphatic carbocycles. The molecule has 2 aromatic rings. The first-order valence-corrected chi connectivity index (χ1v) is 10.3. The van der Waals surface area contributed by atoms with E-state index in [2.05, 4.69) is 0 Å². The Morgan fingerprint density at radius 1 is 1.00 bits per heavy atom. The Hall–Kier alpha value is -2.27. The molecule has 1 aliphatic heterocycles. The van der Waals surface area contributed by atoms with Crippen molar-refractivity contribution in [3.8, 4) is 0 Å². The third-order valence-corrected chi connectivity index (χ3v) is 7.14. The normalized spacial score (nSPS) is 21.6. The first-order valence-electron chi connectivity index (χ1n) is 9.37. The van der Waals surface area contributed by atoms with Crippen LogP contribution in [0.2, 0.25) is 0 Å². The molecule has 140 valence electrons. The fourth-order valence-corrected chi connectivity index (χ4v) is 5.24. The van der Waals surface area contributed by atoms with Gasteiger partial charge in [-0.1, -0.05) is 48.5 Å². The molecule has 2 atom stereocenters. The molecule has 2 aromatic carbocycles. The van der Waals surface area contributed by atoms with E-state index in [9.17, 15) is 14.7 Å². The number of amides is 1. The third-order valence-electron chi connectivity index (χ3n) is 5.88. The summed E-state index contributed by atoms with van der Waals surface area (Å²) in [5.74, 6) is -0.771. The van der Waals surface area contributed by atoms with Crippen molar-refractivity contribution in [1.29, 1.82) is 0 Å². The highest BCUT2D eigenvalue weighted by Gasteiger charge is 2.59. The van der Waals surface area contributed by atoms with Crippen molar-refractivity contribution in [1.82, 2.24) is 4.90 Å². The monoisotopic (exact) mass is 381 g/mol. The topological polar surface area (TPSA) is 57.6 Å². The molecular weight excluding hydrogens is 358 g/mol. The Morgan fingerprint density at radius 3 is 2.15 bits per heavy atom. The van der Waals surface area contributed by atoms with Crippen LogP contribution in [0.5, 0.6) is 0 Å². The van der Waals surface area contributed by atoms with Gasteiger partial charge in [0.2, 0.25) is 5.91 Å². The van der Waals surface area contributed by atoms with E-state index >= 15 is 0 Å². The van der Waals surface area contributed by atoms with Gasteiger partial charge >= 0.3 is 5.97 Å². The lowest BCUT2D eigenvalue weighted by Crippen LogP contribution is -2.41. The van der Waals surface area contributed by atoms with E-state index in [1.165, 1.54) is 0 Å². The van der Waals surface area contributed by atoms with E-state index in [4.69, 9.17) is 0 Å². The number of carbonyl (C=O) groups excluding carboxylic acids is 1. The Bertz CT molecular complexity index is 816. The van der Waals surface area contributed by atoms with Gasteiger partial charge in [0.1, 0.15) is 5.25 Å². The van der Waals surface area contributed by atoms with Crippen LogP contribution in [0.1, 0.15) is 30.1 Å². The van der Waals surface area contributed by atoms with E-state index in [-0.39, 0.29) is 22.5 Å². The predicted molar refractivity (Wildman–Crippen MR) is 105 cm³/mol. The van der Waals surface area contributed by atoms with Crippen LogP contribution in [0.3, 0.4) is 0 Å². The number of aliphatic carboxylic acids is 1. The van der Waals surface area contributed by atoms with Crippen molar-refractivity contribution in [2.24, 2.45) is 11.3 Å². The lowest BCUT2D eigenvalue weighted by Gasteiger charge is -2.34. The number of likely N-dealkylation sites (tertiary alicyclic amines) is 1. The highest BCUT2D eigenvalue weighted by atomic mass is 32.2. The van der Waals surface area contributed by atoms with Crippen LogP contribution in [-0.4, -0.2) is 35.0 Å². The number of thioether (sulfide) groups is 1. The molecule has 2 fully saturated rings. The second-order valence-corrected chi connectivity index (χ2v) is 8.68. The van der Waals surface area contributed by atoms with Crippen molar-refractivity contribution in [3.05, 3.63) is 66.2 Å². The van der Waals surface area contributed by atoms with Crippen LogP contribution in [0.15, 0.2) is 65.6 Å². The second-order valence-electron chi connectivity index (χ2n) is 7.50. The number of rotatable bonds is 5. The molecular formula is C22H23NO3S. The maximum absolute atomic E-state index is 13.3. The Kier molecular flexibility index (Phi) is 4.96. The molecule has 1 spiro atoms. The van der Waals surface area contributed by atoms with Crippen molar-refractivity contribution < 1.29 is 14.7 Å². The molecule has 1 saturated carbocycles. The molecule has 2 unspecified atom stereocenters. The first-order chi connectivity index (χ1) is 13.1. The van der Waals surface area contributed by atoms with Gasteiger partial charge in [-0.2, -0.15) is 0 Å². The largest absolute Gasteiger partial charge is 0.481 e. The maximum Gasteiger partial charge on any atom is 0.307 e. The number of piperidine rings is 1. The fourth-order valence-electron chi connectivity index (χ4n) is 4.11. The van der Waals surface area contributed by atoms with Gasteiger partial charge < -0.3 is 10.0 Å². The number of hydrogen-bond acceptors (Lipinski definition) is 3. The summed E-state index contributed by atoms with van der Waals surface area (Å²) in [5, 5.41) is 8.98. The summed E-state index contributed by atoms with van der Waals surface area (Å²) in [7, 11) is 0. The number of carbonyl (C=O) groups is 2. The van der Waals surface area contributed by atoms with Crippen molar-refractivity contribution in [2.45, 2.75) is 29.4 Å². The smallest absolute Gasteiger partial charge is 0.307 e. The number of carboxylic acid groups (broad SMARTS) is 1. The highest BCUT2D eigenvalue weighted by Crippen LogP contribution is 2.59. The van der Waals surface area contributed by atoms with Gasteiger partial charge in [-0.15, -0.1) is 11.8 Å². The Morgan fingerprint density at radius 2 is 1.59 bits per heavy atom. The molecule has 1 N–H and O–H groups in total. The Labute approximate surface area is 163 Å². The Balaban J connectivity index is 1.49. The van der Waals surface area contributed by atoms with Gasteiger partial charge in [-0.3, -0.25) is 9.59 Å². The van der Waals surface area contributed by atoms with E-state index in [1.54, 1.807) is 11.8 Å². The second kappa shape index (κ2) is 7.39. The molecule has 5 heteroatoms. The van der Waals surface area contributed by atoms with Crippen LogP contribution >= 0.6 is 11.8 Å². The van der Waals surface area contributed by atoms with Gasteiger partial charge in [-0.25, -0.2) is 0 Å². The van der Waals surface area contributed by atoms with Gasteiger partial charge in [0.05, 0.1) is 5.92 Å². The molecule has 27 heavy (non-hydrogen) atoms. The van der Waals surface area contributed by atoms with E-state index in [1.807, 2.05) is 65.6 Å². The number of hydrogen-bond donors (Lipinski definition) is 1. The van der Waals surface area contributed by atoms with E-state index in [0.717, 1.165) is 29.7 Å². The van der Waals surface area contributed by atoms with E-state index in [0.29, 0.717) is 13.1 Å². The average Bonchev–Trinajstić information content (AvgIpc) is 3.41. The minimum atomic E-state index is -0.684. The molecule has 2 aliphatic rings. The summed E-state index contributed by atoms with van der Waals surface area (Å²) >= 11 is 1.58. The standard InChI is InChI=1S/C22H23NO3S/c24-20(23-13-11-22(12-14-23)15-18(22)21(25)26)19(16-7-3-1-4-8-16)27-17-9-5-2-6-10-17/h1-10,18-19H,11-15H2,(H,25,26). The zero-order chi connectivity index (χ0) is 18.9. The molecule has 1 heterocycles. The third kappa shape index (κ3) is 3.74. The molecule has 4 rings (SSSR count). The molecule has 0 aromatic heterocycles. The number of benzene rings is 2. The zero-order valence-corrected chi connectivity index (χ0v) is 15.9. The van der Waals surface area contributed by atoms with Gasteiger partial charge in [-0.05, 0) is 42.4 Å². The van der Waals surface area contributed by atoms with Gasteiger partial charge in [0.25, 0.3) is 0 Å². The summed E-state index contributed by atoms with van der Waals surface area (Å²) in [4.78, 5) is 27.6. The van der Waals surface area contributed by atoms with Gasteiger partial charge in [0.15, 0.2) is 0 Å². The summed E-state index contributed by atoms with van der Waals surface area (Å²) in [6, 6.07) is 19.9. The summed E-state index contributed by atoms with van der Waals surface area (Å²) in [5.41, 5.74) is 0.948. The van der Waals surface area contributed by atoms with Crippen LogP contribution < -0.4 is 0 Å². The van der Waals surface area contributed by atoms with Crippen molar-refractivity contribution in [2.75, 3.05) is 13.1 Å². The zero-order valence-electron chi connectivity index (χ0n) is 15.1. The fraction of sp³-hybridized carbons (Fsp3) is 0.364. The molecule has 1 amide bonds. The van der Waals surface area contributed by atoms with Crippen LogP contribution in [0.4, 0.5) is 0 Å². The summed E-state index contributed by atoms with van der Waals surface area (Å²) in [6.45, 7) is 1.31. The molecule has 4 nitrogen and oxygen atoms in total. The SMILES string of the molecule is O=C(O)C1CC12CCN(C(=O)C(Sc1ccccc1)c1ccccc1)CC2. The minimum Gasteiger partial charge on any atom is -0.481 e. The van der Waals surface area contributed by atoms with Crippen molar-refractivity contribution in [3.63, 3.8) is 0 Å². The number of carboxylic acids is 1. The van der Waals surface area contributed by atoms with Crippen LogP contribution in [0, 0.1) is 11.3 Å². The summed E-state index contributed by atoms with van der Waals surface area (Å²) in [6.07, 6.45) is 2.37. The van der Waals surface area contributed by atoms with Crippen molar-refractivity contribution >= 4 is 23.6 Å². The van der Waals surface area contributed by atoms with Crippen LogP contribution in [0.25, 0.3) is 0 Å². The van der Waals surface area contributed by atoms with Gasteiger partial charge in [0, 0.05) is 18.0 Å². The molecule has 0 bridgehead atoms. The predicted octanol–water partition coefficient (Wildman–Crippen LogP) is 4.23. The number of nitrogens with zero attached hydrogens (tertiary/aromatic N) is 1. The lowest BCUT2D eigenvalue weighted by molar-refractivity contribution is -0.139. The first kappa shape index (κ1) is 18.1. The molecule has 0 radical (unpaired) electrons. The highest BCUT2D eigenvalue weighted by molar-refractivity contribution is 8.00. The maximum atomic E-state index is 13.3. The minimum absolute atomic E-state index is 0.0581. The molecule has 1 saturated heterocycles.